The van der Waals surface area contributed by atoms with Crippen LogP contribution in [-0.2, 0) is 14.4 Å². The van der Waals surface area contributed by atoms with Crippen LogP contribution in [0.1, 0.15) is 24.8 Å². The molecule has 0 aromatic heterocycles. The summed E-state index contributed by atoms with van der Waals surface area (Å²) < 4.78 is 13.4. The quantitative estimate of drug-likeness (QED) is 0.768. The highest BCUT2D eigenvalue weighted by molar-refractivity contribution is 5.93. The zero-order valence-corrected chi connectivity index (χ0v) is 15.4. The molecular formula is C18H26FN4O3+. The number of carbonyl (C=O) groups excluding carboxylic acids is 3. The Bertz CT molecular complexity index is 678. The summed E-state index contributed by atoms with van der Waals surface area (Å²) in [7, 11) is 3.23. The molecule has 0 spiro atoms. The van der Waals surface area contributed by atoms with Crippen molar-refractivity contribution in [3.05, 3.63) is 29.8 Å². The van der Waals surface area contributed by atoms with E-state index >= 15 is 0 Å². The van der Waals surface area contributed by atoms with Gasteiger partial charge in [-0.05, 0) is 24.1 Å². The van der Waals surface area contributed by atoms with Crippen molar-refractivity contribution in [3.8, 4) is 0 Å². The Morgan fingerprint density at radius 2 is 1.88 bits per heavy atom. The number of carbonyl (C=O) groups is 3. The molecule has 0 unspecified atom stereocenters. The first-order chi connectivity index (χ1) is 12.2. The topological polar surface area (TPSA) is 97.4 Å². The molecule has 26 heavy (non-hydrogen) atoms. The van der Waals surface area contributed by atoms with Crippen LogP contribution in [0.25, 0.3) is 0 Å². The monoisotopic (exact) mass is 365 g/mol. The van der Waals surface area contributed by atoms with Crippen LogP contribution in [0.4, 0.5) is 10.1 Å². The van der Waals surface area contributed by atoms with Gasteiger partial charge in [-0.25, -0.2) is 4.39 Å². The molecule has 0 aliphatic carbocycles. The second-order valence-corrected chi connectivity index (χ2v) is 6.79. The highest BCUT2D eigenvalue weighted by Crippen LogP contribution is 2.24. The molecule has 2 rings (SSSR count). The Morgan fingerprint density at radius 3 is 2.35 bits per heavy atom. The maximum Gasteiger partial charge on any atom is 0.282 e. The molecule has 1 fully saturated rings. The Labute approximate surface area is 152 Å². The normalized spacial score (nSPS) is 19.0. The van der Waals surface area contributed by atoms with Crippen LogP contribution in [0, 0.1) is 0 Å². The molecule has 0 saturated carbocycles. The smallest absolute Gasteiger partial charge is 0.282 e. The van der Waals surface area contributed by atoms with E-state index in [1.807, 2.05) is 0 Å². The first-order valence-corrected chi connectivity index (χ1v) is 8.55. The van der Waals surface area contributed by atoms with E-state index < -0.39 is 18.1 Å². The predicted octanol–water partition coefficient (Wildman–Crippen LogP) is -0.00230. The average molecular weight is 365 g/mol. The highest BCUT2D eigenvalue weighted by atomic mass is 19.1. The van der Waals surface area contributed by atoms with Gasteiger partial charge in [-0.1, -0.05) is 12.1 Å². The van der Waals surface area contributed by atoms with E-state index in [0.29, 0.717) is 24.2 Å². The summed E-state index contributed by atoms with van der Waals surface area (Å²) >= 11 is 0. The van der Waals surface area contributed by atoms with E-state index in [1.54, 1.807) is 38.4 Å². The van der Waals surface area contributed by atoms with Gasteiger partial charge in [0.15, 0.2) is 6.04 Å². The number of hydrogen-bond acceptors (Lipinski definition) is 3. The van der Waals surface area contributed by atoms with E-state index in [9.17, 15) is 18.8 Å². The van der Waals surface area contributed by atoms with Crippen LogP contribution < -0.4 is 11.1 Å². The fourth-order valence-corrected chi connectivity index (χ4v) is 3.10. The standard InChI is InChI=1S/C18H25FN4O3/c1-11(24)21-14-6-4-12(5-7-14)15(17(25)22(2)3)16(20)18(26)23-9-8-13(19)10-23/h4-7,13,15-16H,8-10,20H2,1-3H3,(H,21,24)/p+1/t13-,15-,16-/m0/s1. The van der Waals surface area contributed by atoms with Gasteiger partial charge in [-0.15, -0.1) is 0 Å². The van der Waals surface area contributed by atoms with Crippen LogP contribution in [0.15, 0.2) is 24.3 Å². The summed E-state index contributed by atoms with van der Waals surface area (Å²) in [5.74, 6) is -1.54. The van der Waals surface area contributed by atoms with Gasteiger partial charge in [0.05, 0.1) is 6.54 Å². The number of likely N-dealkylation sites (N-methyl/N-ethyl adjacent to an activating group) is 1. The fourth-order valence-electron chi connectivity index (χ4n) is 3.10. The third kappa shape index (κ3) is 4.57. The van der Waals surface area contributed by atoms with Crippen molar-refractivity contribution in [1.29, 1.82) is 0 Å². The van der Waals surface area contributed by atoms with E-state index in [1.165, 1.54) is 16.7 Å². The summed E-state index contributed by atoms with van der Waals surface area (Å²) in [6.45, 7) is 1.80. The summed E-state index contributed by atoms with van der Waals surface area (Å²) in [5.41, 5.74) is 5.16. The van der Waals surface area contributed by atoms with Crippen molar-refractivity contribution in [2.24, 2.45) is 0 Å². The number of amides is 3. The van der Waals surface area contributed by atoms with Gasteiger partial charge in [0.25, 0.3) is 5.91 Å². The minimum atomic E-state index is -1.02. The van der Waals surface area contributed by atoms with Crippen LogP contribution in [0.5, 0.6) is 0 Å². The number of rotatable bonds is 5. The summed E-state index contributed by atoms with van der Waals surface area (Å²) in [6.07, 6.45) is -0.706. The first kappa shape index (κ1) is 19.8. The van der Waals surface area contributed by atoms with E-state index in [4.69, 9.17) is 0 Å². The average Bonchev–Trinajstić information content (AvgIpc) is 3.01. The molecule has 7 nitrogen and oxygen atoms in total. The van der Waals surface area contributed by atoms with Crippen molar-refractivity contribution in [1.82, 2.24) is 9.80 Å². The molecule has 8 heteroatoms. The van der Waals surface area contributed by atoms with Gasteiger partial charge in [-0.2, -0.15) is 0 Å². The first-order valence-electron chi connectivity index (χ1n) is 8.55. The lowest BCUT2D eigenvalue weighted by Gasteiger charge is -2.26. The highest BCUT2D eigenvalue weighted by Gasteiger charge is 2.40. The van der Waals surface area contributed by atoms with Crippen LogP contribution in [0.2, 0.25) is 0 Å². The van der Waals surface area contributed by atoms with E-state index in [2.05, 4.69) is 11.1 Å². The van der Waals surface area contributed by atoms with Crippen LogP contribution in [0.3, 0.4) is 0 Å². The fraction of sp³-hybridized carbons (Fsp3) is 0.500. The van der Waals surface area contributed by atoms with Crippen molar-refractivity contribution in [3.63, 3.8) is 0 Å². The number of anilines is 1. The minimum Gasteiger partial charge on any atom is -0.348 e. The summed E-state index contributed by atoms with van der Waals surface area (Å²) in [5, 5.41) is 2.66. The zero-order valence-electron chi connectivity index (χ0n) is 15.4. The van der Waals surface area contributed by atoms with Crippen molar-refractivity contribution < 1.29 is 24.5 Å². The van der Waals surface area contributed by atoms with Crippen LogP contribution in [-0.4, -0.2) is 66.9 Å². The van der Waals surface area contributed by atoms with Gasteiger partial charge < -0.3 is 20.9 Å². The maximum atomic E-state index is 13.4. The number of nitrogens with one attached hydrogen (secondary N) is 1. The summed E-state index contributed by atoms with van der Waals surface area (Å²) in [4.78, 5) is 39.4. The third-order valence-corrected chi connectivity index (χ3v) is 4.46. The number of hydrogen-bond donors (Lipinski definition) is 2. The Kier molecular flexibility index (Phi) is 6.31. The molecule has 142 valence electrons. The molecule has 3 amide bonds. The number of likely N-dealkylation sites (tertiary alicyclic amines) is 1. The molecule has 1 saturated heterocycles. The van der Waals surface area contributed by atoms with Gasteiger partial charge in [0, 0.05) is 33.3 Å². The largest absolute Gasteiger partial charge is 0.348 e. The minimum absolute atomic E-state index is 0.0508. The Morgan fingerprint density at radius 1 is 1.27 bits per heavy atom. The van der Waals surface area contributed by atoms with Crippen molar-refractivity contribution in [2.75, 3.05) is 32.5 Å². The molecular weight excluding hydrogens is 339 g/mol. The SMILES string of the molecule is CC(=O)Nc1ccc([C@H](C(=O)N(C)C)[C@H]([NH3+])C(=O)N2CC[C@H](F)C2)cc1. The lowest BCUT2D eigenvalue weighted by molar-refractivity contribution is -0.409. The number of nitrogens with zero attached hydrogens (tertiary/aromatic N) is 2. The Balaban J connectivity index is 2.26. The molecule has 0 bridgehead atoms. The number of benzene rings is 1. The summed E-state index contributed by atoms with van der Waals surface area (Å²) in [6, 6.07) is 5.89. The lowest BCUT2D eigenvalue weighted by Crippen LogP contribution is -2.71. The molecule has 4 N–H and O–H groups in total. The van der Waals surface area contributed by atoms with Crippen LogP contribution >= 0.6 is 0 Å². The van der Waals surface area contributed by atoms with Crippen molar-refractivity contribution in [2.45, 2.75) is 31.5 Å². The van der Waals surface area contributed by atoms with Crippen molar-refractivity contribution >= 4 is 23.4 Å². The van der Waals surface area contributed by atoms with E-state index in [-0.39, 0.29) is 24.3 Å². The molecule has 0 radical (unpaired) electrons. The van der Waals surface area contributed by atoms with E-state index in [0.717, 1.165) is 0 Å². The Hall–Kier alpha value is -2.48. The number of quaternary nitrogens is 1. The molecule has 1 heterocycles. The van der Waals surface area contributed by atoms with Gasteiger partial charge in [0.2, 0.25) is 11.8 Å². The van der Waals surface area contributed by atoms with Gasteiger partial charge in [0.1, 0.15) is 12.1 Å². The van der Waals surface area contributed by atoms with Gasteiger partial charge >= 0.3 is 0 Å². The molecule has 1 aromatic rings. The third-order valence-electron chi connectivity index (χ3n) is 4.46. The second kappa shape index (κ2) is 8.27. The number of alkyl halides is 1. The molecule has 1 aliphatic rings. The molecule has 1 aliphatic heterocycles. The molecule has 1 aromatic carbocycles. The zero-order chi connectivity index (χ0) is 19.4. The maximum absolute atomic E-state index is 13.4. The lowest BCUT2D eigenvalue weighted by atomic mass is 9.89. The molecule has 3 atom stereocenters. The predicted molar refractivity (Wildman–Crippen MR) is 94.9 cm³/mol. The number of halogens is 1. The second-order valence-electron chi connectivity index (χ2n) is 6.79. The van der Waals surface area contributed by atoms with Gasteiger partial charge in [-0.3, -0.25) is 14.4 Å².